The van der Waals surface area contributed by atoms with E-state index in [9.17, 15) is 0 Å². The van der Waals surface area contributed by atoms with Crippen LogP contribution in [0.15, 0.2) is 24.5 Å². The summed E-state index contributed by atoms with van der Waals surface area (Å²) in [5.74, 6) is 1.27. The summed E-state index contributed by atoms with van der Waals surface area (Å²) >= 11 is 0. The summed E-state index contributed by atoms with van der Waals surface area (Å²) in [6.45, 7) is 2.54. The molecule has 3 heteroatoms. The molecule has 2 rings (SSSR count). The Labute approximate surface area is 97.0 Å². The standard InChI is InChI=1S/C13H20N2O/c14-6-3-13(11-4-8-16-9-5-11)12-2-1-7-15-10-12/h1-2,7,10-11,13H,3-6,8-9,14H2/t13-/m1/s1. The summed E-state index contributed by atoms with van der Waals surface area (Å²) in [5.41, 5.74) is 7.05. The summed E-state index contributed by atoms with van der Waals surface area (Å²) in [5, 5.41) is 0. The van der Waals surface area contributed by atoms with Crippen molar-refractivity contribution >= 4 is 0 Å². The predicted molar refractivity (Wildman–Crippen MR) is 64.2 cm³/mol. The zero-order chi connectivity index (χ0) is 11.2. The maximum absolute atomic E-state index is 5.72. The molecule has 3 nitrogen and oxygen atoms in total. The van der Waals surface area contributed by atoms with E-state index < -0.39 is 0 Å². The molecule has 0 amide bonds. The summed E-state index contributed by atoms with van der Waals surface area (Å²) in [6.07, 6.45) is 7.16. The molecular weight excluding hydrogens is 200 g/mol. The van der Waals surface area contributed by atoms with Crippen molar-refractivity contribution in [1.29, 1.82) is 0 Å². The second-order valence-electron chi connectivity index (χ2n) is 4.42. The Bertz CT molecular complexity index is 296. The lowest BCUT2D eigenvalue weighted by Crippen LogP contribution is -2.24. The topological polar surface area (TPSA) is 48.1 Å². The Morgan fingerprint density at radius 2 is 2.25 bits per heavy atom. The van der Waals surface area contributed by atoms with E-state index in [1.807, 2.05) is 18.5 Å². The molecule has 1 atom stereocenters. The molecular formula is C13H20N2O. The molecule has 1 aliphatic heterocycles. The van der Waals surface area contributed by atoms with E-state index in [2.05, 4.69) is 11.1 Å². The Hall–Kier alpha value is -0.930. The molecule has 88 valence electrons. The van der Waals surface area contributed by atoms with Gasteiger partial charge in [-0.15, -0.1) is 0 Å². The second kappa shape index (κ2) is 5.97. The van der Waals surface area contributed by atoms with Crippen LogP contribution in [0.2, 0.25) is 0 Å². The molecule has 0 radical (unpaired) electrons. The largest absolute Gasteiger partial charge is 0.381 e. The fourth-order valence-electron chi connectivity index (χ4n) is 2.57. The molecule has 2 N–H and O–H groups in total. The lowest BCUT2D eigenvalue weighted by atomic mass is 9.80. The summed E-state index contributed by atoms with van der Waals surface area (Å²) < 4.78 is 5.42. The van der Waals surface area contributed by atoms with Gasteiger partial charge in [-0.1, -0.05) is 6.07 Å². The van der Waals surface area contributed by atoms with Gasteiger partial charge in [-0.25, -0.2) is 0 Å². The van der Waals surface area contributed by atoms with E-state index >= 15 is 0 Å². The van der Waals surface area contributed by atoms with Gasteiger partial charge in [-0.3, -0.25) is 4.98 Å². The average molecular weight is 220 g/mol. The summed E-state index contributed by atoms with van der Waals surface area (Å²) in [6, 6.07) is 4.18. The van der Waals surface area contributed by atoms with Crippen molar-refractivity contribution in [3.8, 4) is 0 Å². The van der Waals surface area contributed by atoms with Crippen molar-refractivity contribution in [2.24, 2.45) is 11.7 Å². The van der Waals surface area contributed by atoms with E-state index in [0.717, 1.165) is 39.0 Å². The highest BCUT2D eigenvalue weighted by Gasteiger charge is 2.24. The van der Waals surface area contributed by atoms with Crippen LogP contribution in [0.25, 0.3) is 0 Å². The number of rotatable bonds is 4. The van der Waals surface area contributed by atoms with E-state index in [1.165, 1.54) is 5.56 Å². The molecule has 0 bridgehead atoms. The molecule has 0 spiro atoms. The van der Waals surface area contributed by atoms with Gasteiger partial charge in [0, 0.05) is 25.6 Å². The third-order valence-electron chi connectivity index (χ3n) is 3.43. The Morgan fingerprint density at radius 1 is 1.44 bits per heavy atom. The van der Waals surface area contributed by atoms with Crippen molar-refractivity contribution in [2.75, 3.05) is 19.8 Å². The smallest absolute Gasteiger partial charge is 0.0468 e. The number of hydrogen-bond acceptors (Lipinski definition) is 3. The van der Waals surface area contributed by atoms with Gasteiger partial charge in [0.1, 0.15) is 0 Å². The number of nitrogens with zero attached hydrogens (tertiary/aromatic N) is 1. The SMILES string of the molecule is NCC[C@@H](c1cccnc1)C1CCOCC1. The fourth-order valence-corrected chi connectivity index (χ4v) is 2.57. The lowest BCUT2D eigenvalue weighted by molar-refractivity contribution is 0.0569. The first-order chi connectivity index (χ1) is 7.92. The summed E-state index contributed by atoms with van der Waals surface area (Å²) in [7, 11) is 0. The van der Waals surface area contributed by atoms with Gasteiger partial charge < -0.3 is 10.5 Å². The lowest BCUT2D eigenvalue weighted by Gasteiger charge is -2.30. The molecule has 1 aromatic rings. The van der Waals surface area contributed by atoms with Crippen LogP contribution in [0.3, 0.4) is 0 Å². The van der Waals surface area contributed by atoms with Crippen LogP contribution in [-0.4, -0.2) is 24.7 Å². The monoisotopic (exact) mass is 220 g/mol. The molecule has 1 aliphatic rings. The second-order valence-corrected chi connectivity index (χ2v) is 4.42. The average Bonchev–Trinajstić information content (AvgIpc) is 2.38. The van der Waals surface area contributed by atoms with Crippen molar-refractivity contribution in [3.63, 3.8) is 0 Å². The van der Waals surface area contributed by atoms with E-state index in [0.29, 0.717) is 11.8 Å². The first-order valence-electron chi connectivity index (χ1n) is 6.09. The van der Waals surface area contributed by atoms with Crippen LogP contribution < -0.4 is 5.73 Å². The molecule has 1 fully saturated rings. The molecule has 16 heavy (non-hydrogen) atoms. The molecule has 1 saturated heterocycles. The third-order valence-corrected chi connectivity index (χ3v) is 3.43. The third kappa shape index (κ3) is 2.80. The first-order valence-corrected chi connectivity index (χ1v) is 6.09. The Kier molecular flexibility index (Phi) is 4.31. The van der Waals surface area contributed by atoms with Gasteiger partial charge in [-0.2, -0.15) is 0 Å². The maximum atomic E-state index is 5.72. The minimum Gasteiger partial charge on any atom is -0.381 e. The Balaban J connectivity index is 2.09. The predicted octanol–water partition coefficient (Wildman–Crippen LogP) is 1.94. The van der Waals surface area contributed by atoms with Crippen molar-refractivity contribution in [1.82, 2.24) is 4.98 Å². The molecule has 0 aromatic carbocycles. The normalized spacial score (nSPS) is 19.6. The first kappa shape index (κ1) is 11.6. The van der Waals surface area contributed by atoms with Gasteiger partial charge in [0.05, 0.1) is 0 Å². The van der Waals surface area contributed by atoms with Gasteiger partial charge in [0.15, 0.2) is 0 Å². The van der Waals surface area contributed by atoms with Crippen molar-refractivity contribution < 1.29 is 4.74 Å². The van der Waals surface area contributed by atoms with Crippen LogP contribution in [-0.2, 0) is 4.74 Å². The quantitative estimate of drug-likeness (QED) is 0.843. The molecule has 0 unspecified atom stereocenters. The number of ether oxygens (including phenoxy) is 1. The minimum absolute atomic E-state index is 0.558. The zero-order valence-electron chi connectivity index (χ0n) is 9.64. The number of nitrogens with two attached hydrogens (primary N) is 1. The summed E-state index contributed by atoms with van der Waals surface area (Å²) in [4.78, 5) is 4.21. The van der Waals surface area contributed by atoms with Gasteiger partial charge in [-0.05, 0) is 49.3 Å². The molecule has 0 aliphatic carbocycles. The molecule has 1 aromatic heterocycles. The van der Waals surface area contributed by atoms with Crippen molar-refractivity contribution in [3.05, 3.63) is 30.1 Å². The Morgan fingerprint density at radius 3 is 2.88 bits per heavy atom. The van der Waals surface area contributed by atoms with Crippen LogP contribution in [0.5, 0.6) is 0 Å². The van der Waals surface area contributed by atoms with Crippen molar-refractivity contribution in [2.45, 2.75) is 25.2 Å². The number of aromatic nitrogens is 1. The highest BCUT2D eigenvalue weighted by Crippen LogP contribution is 2.33. The van der Waals surface area contributed by atoms with Gasteiger partial charge >= 0.3 is 0 Å². The fraction of sp³-hybridized carbons (Fsp3) is 0.615. The van der Waals surface area contributed by atoms with Crippen LogP contribution in [0.1, 0.15) is 30.7 Å². The maximum Gasteiger partial charge on any atom is 0.0468 e. The van der Waals surface area contributed by atoms with E-state index in [-0.39, 0.29) is 0 Å². The zero-order valence-corrected chi connectivity index (χ0v) is 9.64. The van der Waals surface area contributed by atoms with Crippen LogP contribution in [0, 0.1) is 5.92 Å². The van der Waals surface area contributed by atoms with Gasteiger partial charge in [0.25, 0.3) is 0 Å². The van der Waals surface area contributed by atoms with E-state index in [4.69, 9.17) is 10.5 Å². The highest BCUT2D eigenvalue weighted by molar-refractivity contribution is 5.16. The number of hydrogen-bond donors (Lipinski definition) is 1. The van der Waals surface area contributed by atoms with E-state index in [1.54, 1.807) is 0 Å². The molecule has 2 heterocycles. The van der Waals surface area contributed by atoms with Crippen LogP contribution in [0.4, 0.5) is 0 Å². The van der Waals surface area contributed by atoms with Crippen LogP contribution >= 0.6 is 0 Å². The minimum atomic E-state index is 0.558. The highest BCUT2D eigenvalue weighted by atomic mass is 16.5. The molecule has 0 saturated carbocycles. The van der Waals surface area contributed by atoms with Gasteiger partial charge in [0.2, 0.25) is 0 Å². The number of pyridine rings is 1.